The van der Waals surface area contributed by atoms with E-state index in [0.29, 0.717) is 4.99 Å². The summed E-state index contributed by atoms with van der Waals surface area (Å²) in [5, 5.41) is 3.35. The zero-order valence-electron chi connectivity index (χ0n) is 11.4. The molecule has 0 fully saturated rings. The summed E-state index contributed by atoms with van der Waals surface area (Å²) >= 11 is 5.12. The van der Waals surface area contributed by atoms with Crippen molar-refractivity contribution in [2.45, 2.75) is 32.1 Å². The van der Waals surface area contributed by atoms with E-state index in [-0.39, 0.29) is 0 Å². The maximum absolute atomic E-state index is 5.79. The summed E-state index contributed by atoms with van der Waals surface area (Å²) in [6.07, 6.45) is 5.41. The molecule has 19 heavy (non-hydrogen) atoms. The number of thiocarbonyl (C=S) groups is 1. The second-order valence-electron chi connectivity index (χ2n) is 4.83. The number of pyridine rings is 1. The van der Waals surface area contributed by atoms with Gasteiger partial charge in [0.15, 0.2) is 0 Å². The van der Waals surface area contributed by atoms with Gasteiger partial charge in [0.2, 0.25) is 0 Å². The second kappa shape index (κ2) is 6.82. The lowest BCUT2D eigenvalue weighted by Gasteiger charge is -2.12. The molecule has 0 atom stereocenters. The average molecular weight is 279 g/mol. The summed E-state index contributed by atoms with van der Waals surface area (Å²) in [6.45, 7) is 1.66. The van der Waals surface area contributed by atoms with E-state index in [9.17, 15) is 0 Å². The largest absolute Gasteiger partial charge is 0.389 e. The average Bonchev–Trinajstić information content (AvgIpc) is 2.84. The van der Waals surface area contributed by atoms with Crippen molar-refractivity contribution >= 4 is 23.0 Å². The maximum atomic E-state index is 5.79. The number of unbranched alkanes of at least 4 members (excludes halogenated alkanes) is 1. The van der Waals surface area contributed by atoms with E-state index < -0.39 is 0 Å². The van der Waals surface area contributed by atoms with Crippen LogP contribution in [0, 0.1) is 0 Å². The maximum Gasteiger partial charge on any atom is 0.136 e. The second-order valence-corrected chi connectivity index (χ2v) is 5.27. The van der Waals surface area contributed by atoms with Crippen molar-refractivity contribution in [2.24, 2.45) is 5.73 Å². The number of nitrogens with one attached hydrogen (secondary N) is 1. The van der Waals surface area contributed by atoms with Gasteiger partial charge < -0.3 is 15.8 Å². The fourth-order valence-electron chi connectivity index (χ4n) is 2.37. The summed E-state index contributed by atoms with van der Waals surface area (Å²) < 4.78 is 5.03. The smallest absolute Gasteiger partial charge is 0.136 e. The molecule has 1 aliphatic rings. The van der Waals surface area contributed by atoms with Gasteiger partial charge in [-0.15, -0.1) is 0 Å². The van der Waals surface area contributed by atoms with Crippen molar-refractivity contribution in [3.05, 3.63) is 22.9 Å². The zero-order chi connectivity index (χ0) is 13.7. The van der Waals surface area contributed by atoms with E-state index in [2.05, 4.69) is 16.4 Å². The SMILES string of the molecule is COCCCCNc1nc2c(cc1C(N)=S)CCC2. The topological polar surface area (TPSA) is 60.2 Å². The molecule has 0 aromatic carbocycles. The number of ether oxygens (including phenoxy) is 1. The molecule has 104 valence electrons. The Labute approximate surface area is 119 Å². The summed E-state index contributed by atoms with van der Waals surface area (Å²) in [4.78, 5) is 5.10. The predicted octanol–water partition coefficient (Wildman–Crippen LogP) is 2.04. The Balaban J connectivity index is 2.03. The first-order chi connectivity index (χ1) is 9.22. The van der Waals surface area contributed by atoms with E-state index in [1.165, 1.54) is 17.7 Å². The highest BCUT2D eigenvalue weighted by atomic mass is 32.1. The lowest BCUT2D eigenvalue weighted by Crippen LogP contribution is -2.16. The minimum Gasteiger partial charge on any atom is -0.389 e. The van der Waals surface area contributed by atoms with Gasteiger partial charge in [-0.05, 0) is 43.7 Å². The normalized spacial score (nSPS) is 13.3. The Bertz CT molecular complexity index is 462. The lowest BCUT2D eigenvalue weighted by molar-refractivity contribution is 0.194. The van der Waals surface area contributed by atoms with Crippen molar-refractivity contribution < 1.29 is 4.74 Å². The van der Waals surface area contributed by atoms with Crippen LogP contribution in [0.5, 0.6) is 0 Å². The zero-order valence-corrected chi connectivity index (χ0v) is 12.2. The molecule has 0 saturated heterocycles. The summed E-state index contributed by atoms with van der Waals surface area (Å²) in [6, 6.07) is 2.11. The van der Waals surface area contributed by atoms with Crippen LogP contribution in [0.25, 0.3) is 0 Å². The highest BCUT2D eigenvalue weighted by Crippen LogP contribution is 2.25. The summed E-state index contributed by atoms with van der Waals surface area (Å²) in [7, 11) is 1.72. The molecule has 0 amide bonds. The molecule has 0 unspecified atom stereocenters. The van der Waals surface area contributed by atoms with Crippen LogP contribution in [0.2, 0.25) is 0 Å². The molecule has 2 rings (SSSR count). The van der Waals surface area contributed by atoms with Gasteiger partial charge in [-0.2, -0.15) is 0 Å². The molecule has 0 spiro atoms. The third-order valence-corrected chi connectivity index (χ3v) is 3.60. The van der Waals surface area contributed by atoms with Gasteiger partial charge in [-0.1, -0.05) is 12.2 Å². The van der Waals surface area contributed by atoms with E-state index in [4.69, 9.17) is 22.7 Å². The van der Waals surface area contributed by atoms with E-state index >= 15 is 0 Å². The van der Waals surface area contributed by atoms with Gasteiger partial charge in [0, 0.05) is 26.0 Å². The number of hydrogen-bond donors (Lipinski definition) is 2. The van der Waals surface area contributed by atoms with Crippen molar-refractivity contribution in [1.29, 1.82) is 0 Å². The molecule has 1 aromatic rings. The number of aryl methyl sites for hydroxylation is 2. The molecule has 0 saturated carbocycles. The predicted molar refractivity (Wildman–Crippen MR) is 81.7 cm³/mol. The molecule has 1 aromatic heterocycles. The molecular formula is C14H21N3OS. The van der Waals surface area contributed by atoms with E-state index in [1.54, 1.807) is 7.11 Å². The van der Waals surface area contributed by atoms with Crippen LogP contribution in [-0.4, -0.2) is 30.2 Å². The molecule has 1 heterocycles. The van der Waals surface area contributed by atoms with Gasteiger partial charge in [0.05, 0.1) is 5.56 Å². The van der Waals surface area contributed by atoms with E-state index in [0.717, 1.165) is 50.2 Å². The summed E-state index contributed by atoms with van der Waals surface area (Å²) in [5.74, 6) is 0.838. The summed E-state index contributed by atoms with van der Waals surface area (Å²) in [5.41, 5.74) is 9.16. The fraction of sp³-hybridized carbons (Fsp3) is 0.571. The quantitative estimate of drug-likeness (QED) is 0.591. The molecule has 1 aliphatic carbocycles. The molecule has 5 heteroatoms. The first-order valence-electron chi connectivity index (χ1n) is 6.77. The number of fused-ring (bicyclic) bond motifs is 1. The number of rotatable bonds is 7. The highest BCUT2D eigenvalue weighted by Gasteiger charge is 2.17. The van der Waals surface area contributed by atoms with Crippen molar-refractivity contribution in [3.8, 4) is 0 Å². The molecule has 0 aliphatic heterocycles. The van der Waals surface area contributed by atoms with Crippen LogP contribution in [0.4, 0.5) is 5.82 Å². The fourth-order valence-corrected chi connectivity index (χ4v) is 2.53. The molecule has 4 nitrogen and oxygen atoms in total. The Morgan fingerprint density at radius 3 is 3.05 bits per heavy atom. The minimum absolute atomic E-state index is 0.418. The monoisotopic (exact) mass is 279 g/mol. The Morgan fingerprint density at radius 1 is 1.47 bits per heavy atom. The first kappa shape index (κ1) is 14.2. The number of methoxy groups -OCH3 is 1. The number of nitrogens with two attached hydrogens (primary N) is 1. The standard InChI is InChI=1S/C14H21N3OS/c1-18-8-3-2-7-16-14-11(13(15)19)9-10-5-4-6-12(10)17-14/h9H,2-8H2,1H3,(H2,15,19)(H,16,17). The Kier molecular flexibility index (Phi) is 5.10. The van der Waals surface area contributed by atoms with Gasteiger partial charge in [0.25, 0.3) is 0 Å². The first-order valence-corrected chi connectivity index (χ1v) is 7.18. The van der Waals surface area contributed by atoms with Crippen molar-refractivity contribution in [3.63, 3.8) is 0 Å². The van der Waals surface area contributed by atoms with Crippen LogP contribution in [-0.2, 0) is 17.6 Å². The number of aromatic nitrogens is 1. The van der Waals surface area contributed by atoms with E-state index in [1.807, 2.05) is 0 Å². The minimum atomic E-state index is 0.418. The van der Waals surface area contributed by atoms with Crippen molar-refractivity contribution in [1.82, 2.24) is 4.98 Å². The van der Waals surface area contributed by atoms with Crippen molar-refractivity contribution in [2.75, 3.05) is 25.6 Å². The number of anilines is 1. The molecule has 0 radical (unpaired) electrons. The number of nitrogens with zero attached hydrogens (tertiary/aromatic N) is 1. The van der Waals surface area contributed by atoms with Gasteiger partial charge in [-0.25, -0.2) is 4.98 Å². The molecule has 0 bridgehead atoms. The van der Waals surface area contributed by atoms with Crippen LogP contribution in [0.3, 0.4) is 0 Å². The van der Waals surface area contributed by atoms with Crippen LogP contribution in [0.1, 0.15) is 36.1 Å². The van der Waals surface area contributed by atoms with Crippen LogP contribution < -0.4 is 11.1 Å². The third-order valence-electron chi connectivity index (χ3n) is 3.38. The third kappa shape index (κ3) is 3.64. The van der Waals surface area contributed by atoms with Crippen LogP contribution in [0.15, 0.2) is 6.07 Å². The van der Waals surface area contributed by atoms with Gasteiger partial charge in [-0.3, -0.25) is 0 Å². The molecular weight excluding hydrogens is 258 g/mol. The van der Waals surface area contributed by atoms with Gasteiger partial charge in [0.1, 0.15) is 10.8 Å². The Morgan fingerprint density at radius 2 is 2.32 bits per heavy atom. The molecule has 3 N–H and O–H groups in total. The Hall–Kier alpha value is -1.20. The number of hydrogen-bond acceptors (Lipinski definition) is 4. The van der Waals surface area contributed by atoms with Gasteiger partial charge >= 0.3 is 0 Å². The lowest BCUT2D eigenvalue weighted by atomic mass is 10.1. The van der Waals surface area contributed by atoms with Crippen LogP contribution >= 0.6 is 12.2 Å². The highest BCUT2D eigenvalue weighted by molar-refractivity contribution is 7.80.